The van der Waals surface area contributed by atoms with Crippen LogP contribution in [0.2, 0.25) is 0 Å². The number of nitrogen functional groups attached to an aromatic ring is 1. The van der Waals surface area contributed by atoms with E-state index >= 15 is 0 Å². The summed E-state index contributed by atoms with van der Waals surface area (Å²) in [4.78, 5) is 4.12. The van der Waals surface area contributed by atoms with Crippen LogP contribution in [0, 0.1) is 16.7 Å². The minimum atomic E-state index is -0.717. The second kappa shape index (κ2) is 5.29. The number of pyridine rings is 1. The maximum Gasteiger partial charge on any atom is 0.144 e. The van der Waals surface area contributed by atoms with Gasteiger partial charge in [0, 0.05) is 6.54 Å². The molecule has 1 heterocycles. The average Bonchev–Trinajstić information content (AvgIpc) is 2.41. The molecule has 5 nitrogen and oxygen atoms in total. The van der Waals surface area contributed by atoms with Gasteiger partial charge in [-0.05, 0) is 37.2 Å². The van der Waals surface area contributed by atoms with Crippen LogP contribution in [0.1, 0.15) is 45.1 Å². The van der Waals surface area contributed by atoms with Gasteiger partial charge >= 0.3 is 0 Å². The number of nitriles is 1. The zero-order valence-electron chi connectivity index (χ0n) is 12.1. The molecule has 1 aliphatic carbocycles. The van der Waals surface area contributed by atoms with Crippen molar-refractivity contribution in [1.82, 2.24) is 4.98 Å². The zero-order chi connectivity index (χ0) is 14.8. The number of aromatic nitrogens is 1. The Bertz CT molecular complexity index is 523. The summed E-state index contributed by atoms with van der Waals surface area (Å²) in [6, 6.07) is 3.65. The van der Waals surface area contributed by atoms with Gasteiger partial charge in [-0.2, -0.15) is 5.26 Å². The number of anilines is 2. The monoisotopic (exact) mass is 274 g/mol. The largest absolute Gasteiger partial charge is 0.397 e. The van der Waals surface area contributed by atoms with E-state index in [4.69, 9.17) is 11.0 Å². The second-order valence-electron chi connectivity index (χ2n) is 6.52. The highest BCUT2D eigenvalue weighted by Gasteiger charge is 2.36. The first-order valence-corrected chi connectivity index (χ1v) is 6.96. The van der Waals surface area contributed by atoms with Crippen molar-refractivity contribution in [2.75, 3.05) is 17.6 Å². The lowest BCUT2D eigenvalue weighted by molar-refractivity contribution is -0.0145. The third-order valence-electron chi connectivity index (χ3n) is 4.15. The molecular formula is C15H22N4O. The van der Waals surface area contributed by atoms with E-state index in [2.05, 4.69) is 30.2 Å². The van der Waals surface area contributed by atoms with E-state index in [0.717, 1.165) is 25.7 Å². The van der Waals surface area contributed by atoms with Crippen LogP contribution in [-0.4, -0.2) is 22.2 Å². The Labute approximate surface area is 119 Å². The van der Waals surface area contributed by atoms with E-state index in [1.54, 1.807) is 6.07 Å². The molecule has 20 heavy (non-hydrogen) atoms. The molecular weight excluding hydrogens is 252 g/mol. The molecule has 0 unspecified atom stereocenters. The molecule has 0 aliphatic heterocycles. The third kappa shape index (κ3) is 3.40. The van der Waals surface area contributed by atoms with Gasteiger partial charge in [-0.25, -0.2) is 4.98 Å². The Morgan fingerprint density at radius 2 is 2.05 bits per heavy atom. The number of nitrogens with one attached hydrogen (secondary N) is 1. The smallest absolute Gasteiger partial charge is 0.144 e. The molecule has 0 bridgehead atoms. The normalized spacial score (nSPS) is 20.1. The van der Waals surface area contributed by atoms with E-state index in [-0.39, 0.29) is 0 Å². The van der Waals surface area contributed by atoms with Crippen LogP contribution < -0.4 is 11.1 Å². The van der Waals surface area contributed by atoms with E-state index < -0.39 is 5.60 Å². The number of aliphatic hydroxyl groups is 1. The molecule has 1 aromatic rings. The molecule has 4 N–H and O–H groups in total. The summed E-state index contributed by atoms with van der Waals surface area (Å²) in [5.74, 6) is 0.486. The lowest BCUT2D eigenvalue weighted by Gasteiger charge is -2.40. The van der Waals surface area contributed by atoms with Gasteiger partial charge in [0.05, 0.1) is 23.0 Å². The minimum Gasteiger partial charge on any atom is -0.397 e. The fourth-order valence-electron chi connectivity index (χ4n) is 2.52. The van der Waals surface area contributed by atoms with Crippen molar-refractivity contribution in [3.05, 3.63) is 17.8 Å². The first-order chi connectivity index (χ1) is 9.34. The Morgan fingerprint density at radius 1 is 1.40 bits per heavy atom. The van der Waals surface area contributed by atoms with Crippen LogP contribution in [0.15, 0.2) is 12.3 Å². The molecule has 2 rings (SSSR count). The van der Waals surface area contributed by atoms with Gasteiger partial charge in [-0.3, -0.25) is 0 Å². The van der Waals surface area contributed by atoms with Crippen LogP contribution in [0.4, 0.5) is 11.5 Å². The summed E-state index contributed by atoms with van der Waals surface area (Å²) in [7, 11) is 0. The number of nitrogens with two attached hydrogens (primary N) is 1. The molecule has 1 fully saturated rings. The summed E-state index contributed by atoms with van der Waals surface area (Å²) in [5.41, 5.74) is 6.07. The predicted octanol–water partition coefficient (Wildman–Crippen LogP) is 2.28. The van der Waals surface area contributed by atoms with E-state index in [1.165, 1.54) is 6.20 Å². The van der Waals surface area contributed by atoms with Crippen molar-refractivity contribution >= 4 is 11.5 Å². The molecule has 1 aliphatic rings. The van der Waals surface area contributed by atoms with Gasteiger partial charge in [0.25, 0.3) is 0 Å². The molecule has 0 saturated heterocycles. The van der Waals surface area contributed by atoms with Crippen molar-refractivity contribution in [3.63, 3.8) is 0 Å². The van der Waals surface area contributed by atoms with Crippen LogP contribution in [0.25, 0.3) is 0 Å². The number of hydrogen-bond donors (Lipinski definition) is 3. The second-order valence-corrected chi connectivity index (χ2v) is 6.52. The molecule has 0 atom stereocenters. The van der Waals surface area contributed by atoms with Gasteiger partial charge in [-0.15, -0.1) is 0 Å². The SMILES string of the molecule is CC1(C)CCC(O)(CNc2ncc(N)cc2C#N)CC1. The van der Waals surface area contributed by atoms with Crippen LogP contribution in [0.5, 0.6) is 0 Å². The van der Waals surface area contributed by atoms with Crippen molar-refractivity contribution < 1.29 is 5.11 Å². The molecule has 0 spiro atoms. The lowest BCUT2D eigenvalue weighted by atomic mass is 9.71. The van der Waals surface area contributed by atoms with Gasteiger partial charge in [0.1, 0.15) is 11.9 Å². The molecule has 0 amide bonds. The van der Waals surface area contributed by atoms with Crippen molar-refractivity contribution in [1.29, 1.82) is 5.26 Å². The average molecular weight is 274 g/mol. The Balaban J connectivity index is 2.01. The fourth-order valence-corrected chi connectivity index (χ4v) is 2.52. The maximum atomic E-state index is 10.6. The van der Waals surface area contributed by atoms with Crippen molar-refractivity contribution in [3.8, 4) is 6.07 Å². The first-order valence-electron chi connectivity index (χ1n) is 6.96. The quantitative estimate of drug-likeness (QED) is 0.786. The van der Waals surface area contributed by atoms with Crippen LogP contribution in [0.3, 0.4) is 0 Å². The number of hydrogen-bond acceptors (Lipinski definition) is 5. The van der Waals surface area contributed by atoms with Crippen LogP contribution in [-0.2, 0) is 0 Å². The summed E-state index contributed by atoms with van der Waals surface area (Å²) in [5, 5.41) is 22.7. The molecule has 1 aromatic heterocycles. The zero-order valence-corrected chi connectivity index (χ0v) is 12.1. The highest BCUT2D eigenvalue weighted by Crippen LogP contribution is 2.40. The predicted molar refractivity (Wildman–Crippen MR) is 79.1 cm³/mol. The summed E-state index contributed by atoms with van der Waals surface area (Å²) >= 11 is 0. The number of rotatable bonds is 3. The summed E-state index contributed by atoms with van der Waals surface area (Å²) < 4.78 is 0. The minimum absolute atomic E-state index is 0.309. The van der Waals surface area contributed by atoms with Gasteiger partial charge in [-0.1, -0.05) is 13.8 Å². The molecule has 108 valence electrons. The molecule has 5 heteroatoms. The summed E-state index contributed by atoms with van der Waals surface area (Å²) in [6.45, 7) is 4.87. The fraction of sp³-hybridized carbons (Fsp3) is 0.600. The topological polar surface area (TPSA) is 95.0 Å². The van der Waals surface area contributed by atoms with E-state index in [1.807, 2.05) is 0 Å². The lowest BCUT2D eigenvalue weighted by Crippen LogP contribution is -2.42. The third-order valence-corrected chi connectivity index (χ3v) is 4.15. The Kier molecular flexibility index (Phi) is 3.87. The van der Waals surface area contributed by atoms with Crippen molar-refractivity contribution in [2.45, 2.75) is 45.1 Å². The molecule has 0 aromatic carbocycles. The number of nitrogens with zero attached hydrogens (tertiary/aromatic N) is 2. The molecule has 1 saturated carbocycles. The highest BCUT2D eigenvalue weighted by molar-refractivity contribution is 5.57. The Hall–Kier alpha value is -1.80. The molecule has 0 radical (unpaired) electrons. The Morgan fingerprint density at radius 3 is 2.65 bits per heavy atom. The van der Waals surface area contributed by atoms with Crippen LogP contribution >= 0.6 is 0 Å². The maximum absolute atomic E-state index is 10.6. The standard InChI is InChI=1S/C15H22N4O/c1-14(2)3-5-15(20,6-4-14)10-19-13-11(8-16)7-12(17)9-18-13/h7,9,20H,3-6,10,17H2,1-2H3,(H,18,19). The van der Waals surface area contributed by atoms with E-state index in [9.17, 15) is 5.11 Å². The first kappa shape index (κ1) is 14.6. The van der Waals surface area contributed by atoms with Gasteiger partial charge in [0.15, 0.2) is 0 Å². The van der Waals surface area contributed by atoms with Gasteiger partial charge in [0.2, 0.25) is 0 Å². The summed E-state index contributed by atoms with van der Waals surface area (Å²) in [6.07, 6.45) is 5.06. The van der Waals surface area contributed by atoms with E-state index in [0.29, 0.717) is 29.0 Å². The van der Waals surface area contributed by atoms with Crippen molar-refractivity contribution in [2.24, 2.45) is 5.41 Å². The highest BCUT2D eigenvalue weighted by atomic mass is 16.3. The van der Waals surface area contributed by atoms with Gasteiger partial charge < -0.3 is 16.2 Å².